The van der Waals surface area contributed by atoms with Crippen LogP contribution in [0.1, 0.15) is 31.0 Å². The zero-order valence-corrected chi connectivity index (χ0v) is 11.4. The van der Waals surface area contributed by atoms with Crippen LogP contribution in [0.25, 0.3) is 0 Å². The molecule has 4 heteroatoms. The van der Waals surface area contributed by atoms with Crippen LogP contribution in [0.4, 0.5) is 0 Å². The first-order chi connectivity index (χ1) is 9.28. The summed E-state index contributed by atoms with van der Waals surface area (Å²) in [5.74, 6) is 0. The third kappa shape index (κ3) is 2.49. The molecule has 2 atom stereocenters. The summed E-state index contributed by atoms with van der Waals surface area (Å²) in [6, 6.07) is 7.43. The van der Waals surface area contributed by atoms with E-state index in [1.165, 1.54) is 19.4 Å². The minimum absolute atomic E-state index is 0.557. The Labute approximate surface area is 114 Å². The number of aromatic nitrogens is 1. The van der Waals surface area contributed by atoms with Gasteiger partial charge in [-0.1, -0.05) is 6.07 Å². The molecule has 4 nitrogen and oxygen atoms in total. The number of piperazine rings is 1. The largest absolute Gasteiger partial charge is 0.298 e. The Morgan fingerprint density at radius 1 is 1.47 bits per heavy atom. The number of fused-ring (bicyclic) bond motifs is 1. The summed E-state index contributed by atoms with van der Waals surface area (Å²) >= 11 is 0. The van der Waals surface area contributed by atoms with E-state index in [0.717, 1.165) is 31.2 Å². The molecule has 2 unspecified atom stereocenters. The Balaban J connectivity index is 1.74. The van der Waals surface area contributed by atoms with E-state index in [0.29, 0.717) is 11.7 Å². The normalized spacial score (nSPS) is 28.0. The maximum absolute atomic E-state index is 9.12. The maximum Gasteiger partial charge on any atom is 0.144 e. The van der Waals surface area contributed by atoms with Crippen molar-refractivity contribution in [3.63, 3.8) is 0 Å². The molecule has 1 aromatic rings. The first kappa shape index (κ1) is 12.6. The van der Waals surface area contributed by atoms with Crippen LogP contribution in [0, 0.1) is 11.3 Å². The molecule has 2 saturated heterocycles. The second-order valence-electron chi connectivity index (χ2n) is 5.69. The number of nitriles is 1. The second kappa shape index (κ2) is 5.28. The molecule has 0 N–H and O–H groups in total. The molecule has 3 rings (SSSR count). The van der Waals surface area contributed by atoms with Crippen molar-refractivity contribution in [2.45, 2.75) is 38.4 Å². The van der Waals surface area contributed by atoms with Crippen molar-refractivity contribution in [3.05, 3.63) is 29.6 Å². The lowest BCUT2D eigenvalue weighted by molar-refractivity contribution is 0.0539. The van der Waals surface area contributed by atoms with E-state index in [4.69, 9.17) is 5.26 Å². The molecular weight excluding hydrogens is 236 g/mol. The first-order valence-electron chi connectivity index (χ1n) is 7.10. The fourth-order valence-electron chi connectivity index (χ4n) is 3.35. The number of pyridine rings is 1. The molecule has 0 aliphatic carbocycles. The Kier molecular flexibility index (Phi) is 3.50. The highest BCUT2D eigenvalue weighted by Gasteiger charge is 2.34. The molecule has 2 aliphatic rings. The van der Waals surface area contributed by atoms with Gasteiger partial charge in [0.25, 0.3) is 0 Å². The Hall–Kier alpha value is -1.44. The van der Waals surface area contributed by atoms with Crippen molar-refractivity contribution in [2.75, 3.05) is 19.6 Å². The summed E-state index contributed by atoms with van der Waals surface area (Å²) < 4.78 is 0. The predicted octanol–water partition coefficient (Wildman–Crippen LogP) is 1.62. The third-order valence-electron chi connectivity index (χ3n) is 4.44. The molecule has 0 amide bonds. The molecule has 0 radical (unpaired) electrons. The van der Waals surface area contributed by atoms with Gasteiger partial charge >= 0.3 is 0 Å². The first-order valence-corrected chi connectivity index (χ1v) is 7.10. The third-order valence-corrected chi connectivity index (χ3v) is 4.44. The fourth-order valence-corrected chi connectivity index (χ4v) is 3.35. The van der Waals surface area contributed by atoms with Crippen LogP contribution in [0.5, 0.6) is 0 Å². The molecule has 19 heavy (non-hydrogen) atoms. The van der Waals surface area contributed by atoms with Crippen molar-refractivity contribution in [2.24, 2.45) is 0 Å². The topological polar surface area (TPSA) is 43.2 Å². The van der Waals surface area contributed by atoms with Gasteiger partial charge < -0.3 is 0 Å². The van der Waals surface area contributed by atoms with E-state index in [2.05, 4.69) is 27.8 Å². The van der Waals surface area contributed by atoms with E-state index < -0.39 is 0 Å². The monoisotopic (exact) mass is 256 g/mol. The van der Waals surface area contributed by atoms with Crippen LogP contribution in [-0.4, -0.2) is 46.5 Å². The van der Waals surface area contributed by atoms with Crippen LogP contribution in [0.2, 0.25) is 0 Å². The van der Waals surface area contributed by atoms with Gasteiger partial charge in [0.15, 0.2) is 0 Å². The SMILES string of the molecule is CC1CN2CCCC2CN1Cc1cccnc1C#N. The van der Waals surface area contributed by atoms with Gasteiger partial charge in [0.2, 0.25) is 0 Å². The zero-order chi connectivity index (χ0) is 13.2. The van der Waals surface area contributed by atoms with E-state index >= 15 is 0 Å². The molecule has 1 aromatic heterocycles. The van der Waals surface area contributed by atoms with Crippen LogP contribution in [0.3, 0.4) is 0 Å². The summed E-state index contributed by atoms with van der Waals surface area (Å²) in [6.07, 6.45) is 4.35. The lowest BCUT2D eigenvalue weighted by atomic mass is 10.1. The minimum atomic E-state index is 0.557. The number of rotatable bonds is 2. The molecule has 0 aromatic carbocycles. The zero-order valence-electron chi connectivity index (χ0n) is 11.4. The molecule has 3 heterocycles. The van der Waals surface area contributed by atoms with Crippen molar-refractivity contribution < 1.29 is 0 Å². The van der Waals surface area contributed by atoms with E-state index in [-0.39, 0.29) is 0 Å². The maximum atomic E-state index is 9.12. The van der Waals surface area contributed by atoms with Crippen LogP contribution in [0.15, 0.2) is 18.3 Å². The Morgan fingerprint density at radius 2 is 2.37 bits per heavy atom. The summed E-state index contributed by atoms with van der Waals surface area (Å²) in [7, 11) is 0. The molecule has 0 spiro atoms. The highest BCUT2D eigenvalue weighted by molar-refractivity contribution is 5.30. The molecular formula is C15H20N4. The van der Waals surface area contributed by atoms with Crippen molar-refractivity contribution in [1.82, 2.24) is 14.8 Å². The van der Waals surface area contributed by atoms with Crippen molar-refractivity contribution >= 4 is 0 Å². The van der Waals surface area contributed by atoms with Gasteiger partial charge in [-0.3, -0.25) is 9.80 Å². The second-order valence-corrected chi connectivity index (χ2v) is 5.69. The summed E-state index contributed by atoms with van der Waals surface area (Å²) in [5, 5.41) is 9.12. The van der Waals surface area contributed by atoms with Gasteiger partial charge in [-0.05, 0) is 32.4 Å². The standard InChI is InChI=1S/C15H20N4/c1-12-9-18-7-3-5-14(18)11-19(12)10-13-4-2-6-17-15(13)8-16/h2,4,6,12,14H,3,5,7,9-11H2,1H3. The number of hydrogen-bond donors (Lipinski definition) is 0. The average molecular weight is 256 g/mol. The van der Waals surface area contributed by atoms with Crippen molar-refractivity contribution in [3.8, 4) is 6.07 Å². The van der Waals surface area contributed by atoms with Crippen molar-refractivity contribution in [1.29, 1.82) is 5.26 Å². The minimum Gasteiger partial charge on any atom is -0.298 e. The number of hydrogen-bond acceptors (Lipinski definition) is 4. The van der Waals surface area contributed by atoms with E-state index in [1.54, 1.807) is 6.20 Å². The van der Waals surface area contributed by atoms with Gasteiger partial charge in [0, 0.05) is 43.5 Å². The molecule has 0 saturated carbocycles. The Morgan fingerprint density at radius 3 is 3.21 bits per heavy atom. The summed E-state index contributed by atoms with van der Waals surface area (Å²) in [6.45, 7) is 6.69. The quantitative estimate of drug-likeness (QED) is 0.806. The average Bonchev–Trinajstić information content (AvgIpc) is 2.87. The molecule has 100 valence electrons. The highest BCUT2D eigenvalue weighted by atomic mass is 15.3. The van der Waals surface area contributed by atoms with E-state index in [9.17, 15) is 0 Å². The number of nitrogens with zero attached hydrogens (tertiary/aromatic N) is 4. The lowest BCUT2D eigenvalue weighted by Crippen LogP contribution is -2.54. The van der Waals surface area contributed by atoms with Gasteiger partial charge in [-0.15, -0.1) is 0 Å². The smallest absolute Gasteiger partial charge is 0.144 e. The lowest BCUT2D eigenvalue weighted by Gasteiger charge is -2.42. The molecule has 2 aliphatic heterocycles. The summed E-state index contributed by atoms with van der Waals surface area (Å²) in [4.78, 5) is 9.28. The van der Waals surface area contributed by atoms with E-state index in [1.807, 2.05) is 12.1 Å². The summed E-state index contributed by atoms with van der Waals surface area (Å²) in [5.41, 5.74) is 1.63. The van der Waals surface area contributed by atoms with Crippen LogP contribution in [-0.2, 0) is 6.54 Å². The highest BCUT2D eigenvalue weighted by Crippen LogP contribution is 2.25. The predicted molar refractivity (Wildman–Crippen MR) is 73.4 cm³/mol. The fraction of sp³-hybridized carbons (Fsp3) is 0.600. The van der Waals surface area contributed by atoms with Crippen LogP contribution < -0.4 is 0 Å². The molecule has 2 fully saturated rings. The van der Waals surface area contributed by atoms with Gasteiger partial charge in [0.05, 0.1) is 0 Å². The Bertz CT molecular complexity index is 493. The van der Waals surface area contributed by atoms with Gasteiger partial charge in [0.1, 0.15) is 11.8 Å². The molecule has 0 bridgehead atoms. The van der Waals surface area contributed by atoms with Gasteiger partial charge in [-0.2, -0.15) is 5.26 Å². The van der Waals surface area contributed by atoms with Crippen LogP contribution >= 0.6 is 0 Å². The van der Waals surface area contributed by atoms with Gasteiger partial charge in [-0.25, -0.2) is 4.98 Å².